The third kappa shape index (κ3) is 3.46. The van der Waals surface area contributed by atoms with Crippen LogP contribution in [0.2, 0.25) is 0 Å². The van der Waals surface area contributed by atoms with Gasteiger partial charge in [-0.05, 0) is 6.92 Å². The second-order valence-electron chi connectivity index (χ2n) is 7.26. The molecular weight excluding hydrogens is 372 g/mol. The summed E-state index contributed by atoms with van der Waals surface area (Å²) < 4.78 is 0. The van der Waals surface area contributed by atoms with Crippen molar-refractivity contribution in [1.29, 1.82) is 5.41 Å². The molecule has 0 radical (unpaired) electrons. The minimum Gasteiger partial charge on any atom is -0.477 e. The van der Waals surface area contributed by atoms with E-state index in [0.29, 0.717) is 36.9 Å². The maximum absolute atomic E-state index is 12.3. The van der Waals surface area contributed by atoms with Crippen molar-refractivity contribution in [1.82, 2.24) is 15.1 Å². The topological polar surface area (TPSA) is 137 Å². The molecule has 0 spiro atoms. The number of carboxylic acids is 1. The van der Waals surface area contributed by atoms with E-state index in [1.54, 1.807) is 6.92 Å². The van der Waals surface area contributed by atoms with Gasteiger partial charge >= 0.3 is 5.97 Å². The number of aliphatic hydroxyl groups excluding tert-OH is 2. The van der Waals surface area contributed by atoms with E-state index in [9.17, 15) is 19.8 Å². The maximum Gasteiger partial charge on any atom is 0.353 e. The first kappa shape index (κ1) is 20.1. The zero-order valence-corrected chi connectivity index (χ0v) is 16.2. The highest BCUT2D eigenvalue weighted by Crippen LogP contribution is 2.51. The minimum absolute atomic E-state index is 0.0274. The lowest BCUT2D eigenvalue weighted by Gasteiger charge is -2.46. The molecule has 3 heterocycles. The molecule has 3 aliphatic heterocycles. The lowest BCUT2D eigenvalue weighted by Crippen LogP contribution is -2.63. The normalized spacial score (nSPS) is 28.7. The van der Waals surface area contributed by atoms with Gasteiger partial charge in [-0.3, -0.25) is 10.2 Å². The summed E-state index contributed by atoms with van der Waals surface area (Å²) in [6, 6.07) is -0.289. The van der Waals surface area contributed by atoms with Crippen LogP contribution in [0.1, 0.15) is 13.8 Å². The fraction of sp³-hybridized carbons (Fsp3) is 0.706. The van der Waals surface area contributed by atoms with Crippen LogP contribution >= 0.6 is 11.8 Å². The molecule has 0 unspecified atom stereocenters. The van der Waals surface area contributed by atoms with Gasteiger partial charge in [0.15, 0.2) is 0 Å². The molecule has 3 rings (SSSR count). The van der Waals surface area contributed by atoms with E-state index in [1.807, 2.05) is 11.8 Å². The molecule has 27 heavy (non-hydrogen) atoms. The van der Waals surface area contributed by atoms with E-state index >= 15 is 0 Å². The van der Waals surface area contributed by atoms with E-state index in [4.69, 9.17) is 10.5 Å². The average molecular weight is 398 g/mol. The van der Waals surface area contributed by atoms with Crippen molar-refractivity contribution in [3.05, 3.63) is 10.6 Å². The number of nitrogens with zero attached hydrogens (tertiary/aromatic N) is 2. The van der Waals surface area contributed by atoms with Gasteiger partial charge in [-0.25, -0.2) is 4.79 Å². The number of amides is 1. The van der Waals surface area contributed by atoms with Crippen molar-refractivity contribution in [3.8, 4) is 0 Å². The first-order valence-electron chi connectivity index (χ1n) is 9.07. The molecule has 3 aliphatic rings. The Labute approximate surface area is 161 Å². The Hall–Kier alpha value is -1.62. The lowest BCUT2D eigenvalue weighted by atomic mass is 9.79. The number of rotatable bonds is 8. The quantitative estimate of drug-likeness (QED) is 0.154. The number of hydrogen-bond acceptors (Lipinski definition) is 7. The molecule has 0 saturated carbocycles. The summed E-state index contributed by atoms with van der Waals surface area (Å²) in [5.74, 6) is -1.65. The summed E-state index contributed by atoms with van der Waals surface area (Å²) >= 11 is 1.48. The van der Waals surface area contributed by atoms with Gasteiger partial charge < -0.3 is 30.4 Å². The summed E-state index contributed by atoms with van der Waals surface area (Å²) in [6.07, 6.45) is -0.799. The van der Waals surface area contributed by atoms with E-state index in [2.05, 4.69) is 5.32 Å². The first-order chi connectivity index (χ1) is 12.8. The van der Waals surface area contributed by atoms with E-state index in [0.717, 1.165) is 0 Å². The van der Waals surface area contributed by atoms with Crippen molar-refractivity contribution in [2.45, 2.75) is 31.2 Å². The van der Waals surface area contributed by atoms with Crippen LogP contribution in [-0.4, -0.2) is 93.0 Å². The van der Waals surface area contributed by atoms with E-state index < -0.39 is 18.0 Å². The summed E-state index contributed by atoms with van der Waals surface area (Å²) in [5.41, 5.74) is 0.0533. The van der Waals surface area contributed by atoms with Gasteiger partial charge in [0, 0.05) is 35.7 Å². The van der Waals surface area contributed by atoms with Gasteiger partial charge in [0.25, 0.3) is 0 Å². The molecule has 0 aromatic heterocycles. The molecule has 0 bridgehead atoms. The lowest BCUT2D eigenvalue weighted by molar-refractivity contribution is -0.163. The first-order valence-corrected chi connectivity index (χ1v) is 9.95. The predicted molar refractivity (Wildman–Crippen MR) is 100 cm³/mol. The number of carbonyl (C=O) groups excluding carboxylic acids is 1. The van der Waals surface area contributed by atoms with Crippen molar-refractivity contribution in [3.63, 3.8) is 0 Å². The molecule has 9 nitrogen and oxygen atoms in total. The zero-order valence-electron chi connectivity index (χ0n) is 15.4. The molecule has 150 valence electrons. The smallest absolute Gasteiger partial charge is 0.353 e. The Bertz CT molecular complexity index is 676. The molecule has 2 saturated heterocycles. The van der Waals surface area contributed by atoms with E-state index in [-0.39, 0.29) is 35.4 Å². The van der Waals surface area contributed by atoms with Gasteiger partial charge in [0.1, 0.15) is 11.5 Å². The number of β-lactam (4-membered cyclic amide) rings is 1. The zero-order chi connectivity index (χ0) is 19.9. The Morgan fingerprint density at radius 1 is 1.44 bits per heavy atom. The summed E-state index contributed by atoms with van der Waals surface area (Å²) in [6.45, 7) is 5.62. The molecule has 4 atom stereocenters. The Morgan fingerprint density at radius 3 is 2.67 bits per heavy atom. The molecule has 1 amide bonds. The highest BCUT2D eigenvalue weighted by Gasteiger charge is 2.60. The van der Waals surface area contributed by atoms with E-state index in [1.165, 1.54) is 16.7 Å². The number of amidine groups is 1. The molecular formula is C17H26N4O5S. The van der Waals surface area contributed by atoms with Crippen LogP contribution in [0.5, 0.6) is 0 Å². The molecule has 2 fully saturated rings. The fourth-order valence-electron chi connectivity index (χ4n) is 3.99. The number of nitrogens with one attached hydrogen (secondary N) is 2. The van der Waals surface area contributed by atoms with Gasteiger partial charge in [0.05, 0.1) is 31.2 Å². The average Bonchev–Trinajstić information content (AvgIpc) is 2.79. The van der Waals surface area contributed by atoms with Crippen LogP contribution in [-0.2, 0) is 9.59 Å². The van der Waals surface area contributed by atoms with Crippen LogP contribution in [0.15, 0.2) is 10.6 Å². The fourth-order valence-corrected chi connectivity index (χ4v) is 5.51. The molecule has 0 aromatic carbocycles. The molecule has 10 heteroatoms. The molecule has 5 N–H and O–H groups in total. The highest BCUT2D eigenvalue weighted by atomic mass is 32.2. The SMILES string of the molecule is C[C@@H](O)[C@H]1C(=O)N2C(C(=O)O)=C(SC3CN(C(=N)CNCCO)C3)[C@H](C)[C@H]12. The van der Waals surface area contributed by atoms with Crippen LogP contribution < -0.4 is 5.32 Å². The van der Waals surface area contributed by atoms with Crippen LogP contribution in [0, 0.1) is 17.2 Å². The standard InChI is InChI=1S/C17H26N4O5S/c1-8-13-12(9(2)23)16(24)21(13)14(17(25)26)15(8)27-10-6-20(7-10)11(18)5-19-3-4-22/h8-10,12-13,18-19,22-23H,3-7H2,1-2H3,(H,25,26)/t8-,9-,12-,13-/m1/s1. The number of thioether (sulfide) groups is 1. The van der Waals surface area contributed by atoms with Crippen molar-refractivity contribution in [2.75, 3.05) is 32.8 Å². The molecule has 0 aromatic rings. The van der Waals surface area contributed by atoms with Crippen LogP contribution in [0.25, 0.3) is 0 Å². The second-order valence-corrected chi connectivity index (χ2v) is 8.61. The number of aliphatic hydroxyl groups is 2. The number of carbonyl (C=O) groups is 2. The highest BCUT2D eigenvalue weighted by molar-refractivity contribution is 8.03. The van der Waals surface area contributed by atoms with Crippen LogP contribution in [0.3, 0.4) is 0 Å². The van der Waals surface area contributed by atoms with Gasteiger partial charge in [-0.2, -0.15) is 0 Å². The molecule has 0 aliphatic carbocycles. The third-order valence-electron chi connectivity index (χ3n) is 5.42. The summed E-state index contributed by atoms with van der Waals surface area (Å²) in [7, 11) is 0. The summed E-state index contributed by atoms with van der Waals surface area (Å²) in [5, 5.41) is 39.4. The number of hydrogen-bond donors (Lipinski definition) is 5. The van der Waals surface area contributed by atoms with Crippen molar-refractivity contribution in [2.24, 2.45) is 11.8 Å². The summed E-state index contributed by atoms with van der Waals surface area (Å²) in [4.78, 5) is 28.0. The van der Waals surface area contributed by atoms with Gasteiger partial charge in [-0.15, -0.1) is 11.8 Å². The Kier molecular flexibility index (Phi) is 5.80. The maximum atomic E-state index is 12.3. The third-order valence-corrected chi connectivity index (χ3v) is 6.87. The van der Waals surface area contributed by atoms with Gasteiger partial charge in [0.2, 0.25) is 5.91 Å². The van der Waals surface area contributed by atoms with Crippen molar-refractivity contribution < 1.29 is 24.9 Å². The number of likely N-dealkylation sites (tertiary alicyclic amines) is 1. The number of aliphatic carboxylic acids is 1. The Balaban J connectivity index is 1.63. The second kappa shape index (κ2) is 7.78. The number of fused-ring (bicyclic) bond motifs is 1. The Morgan fingerprint density at radius 2 is 2.11 bits per heavy atom. The predicted octanol–water partition coefficient (Wildman–Crippen LogP) is -0.883. The minimum atomic E-state index is -1.11. The number of carboxylic acid groups (broad SMARTS) is 1. The van der Waals surface area contributed by atoms with Gasteiger partial charge in [-0.1, -0.05) is 6.92 Å². The van der Waals surface area contributed by atoms with Crippen LogP contribution in [0.4, 0.5) is 0 Å². The van der Waals surface area contributed by atoms with Crippen molar-refractivity contribution >= 4 is 29.5 Å². The largest absolute Gasteiger partial charge is 0.477 e. The monoisotopic (exact) mass is 398 g/mol.